The Morgan fingerprint density at radius 1 is 0.654 bits per heavy atom. The van der Waals surface area contributed by atoms with Gasteiger partial charge in [0.25, 0.3) is 0 Å². The predicted molar refractivity (Wildman–Crippen MR) is 283 cm³/mol. The maximum absolute atomic E-state index is 14.4. The zero-order valence-electron chi connectivity index (χ0n) is 44.9. The van der Waals surface area contributed by atoms with E-state index >= 15 is 0 Å². The molecular weight excluding hydrogens is 1070 g/mol. The van der Waals surface area contributed by atoms with Crippen molar-refractivity contribution in [3.05, 3.63) is 29.8 Å². The molecule has 1 aliphatic heterocycles. The summed E-state index contributed by atoms with van der Waals surface area (Å²) in [5.74, 6) is -15.7. The number of carbonyl (C=O) groups excluding carboxylic acids is 11. The number of rotatable bonds is 36. The molecule has 24 N–H and O–H groups in total. The van der Waals surface area contributed by atoms with Gasteiger partial charge in [-0.1, -0.05) is 26.0 Å². The highest BCUT2D eigenvalue weighted by molar-refractivity contribution is 6.00. The number of primary amides is 2. The second kappa shape index (κ2) is 34.3. The molecule has 1 aromatic carbocycles. The van der Waals surface area contributed by atoms with Crippen LogP contribution in [0.15, 0.2) is 29.3 Å². The third kappa shape index (κ3) is 24.5. The lowest BCUT2D eigenvalue weighted by Crippen LogP contribution is -2.61. The molecule has 1 aromatic rings. The number of phenols is 1. The number of aliphatic imine (C=N–C) groups is 1. The number of nitrogens with zero attached hydrogens (tertiary/aromatic N) is 2. The Hall–Kier alpha value is -8.72. The number of hydrogen-bond acceptors (Lipinski definition) is 18. The first-order valence-corrected chi connectivity index (χ1v) is 25.7. The van der Waals surface area contributed by atoms with Crippen molar-refractivity contribution in [1.82, 2.24) is 47.4 Å². The predicted octanol–water partition coefficient (Wildman–Crippen LogP) is -8.10. The highest BCUT2D eigenvalue weighted by atomic mass is 16.4. The number of likely N-dealkylation sites (tertiary alicyclic amines) is 1. The third-order valence-electron chi connectivity index (χ3n) is 12.3. The van der Waals surface area contributed by atoms with E-state index in [4.69, 9.17) is 34.4 Å². The number of guanidine groups is 1. The summed E-state index contributed by atoms with van der Waals surface area (Å²) >= 11 is 0. The number of hydrogen-bond donors (Lipinski definition) is 18. The summed E-state index contributed by atoms with van der Waals surface area (Å²) in [4.78, 5) is 175. The number of benzene rings is 1. The van der Waals surface area contributed by atoms with E-state index in [0.717, 1.165) is 4.90 Å². The molecule has 2 rings (SSSR count). The Bertz CT molecular complexity index is 2440. The van der Waals surface area contributed by atoms with E-state index in [0.29, 0.717) is 12.0 Å². The van der Waals surface area contributed by atoms with Gasteiger partial charge in [-0.2, -0.15) is 0 Å². The Morgan fingerprint density at radius 2 is 1.17 bits per heavy atom. The van der Waals surface area contributed by atoms with Crippen LogP contribution < -0.4 is 76.9 Å². The first-order valence-electron chi connectivity index (χ1n) is 25.7. The summed E-state index contributed by atoms with van der Waals surface area (Å²) in [5, 5.41) is 56.8. The summed E-state index contributed by atoms with van der Waals surface area (Å²) in [7, 11) is 0. The smallest absolute Gasteiger partial charge is 0.326 e. The molecule has 1 fully saturated rings. The molecule has 0 aromatic heterocycles. The maximum Gasteiger partial charge on any atom is 0.326 e. The van der Waals surface area contributed by atoms with Gasteiger partial charge in [-0.15, -0.1) is 0 Å². The van der Waals surface area contributed by atoms with Crippen molar-refractivity contribution >= 4 is 82.9 Å². The van der Waals surface area contributed by atoms with Gasteiger partial charge in [-0.3, -0.25) is 62.5 Å². The van der Waals surface area contributed by atoms with E-state index in [2.05, 4.69) is 47.5 Å². The van der Waals surface area contributed by atoms with Crippen LogP contribution in [0, 0.1) is 5.92 Å². The molecule has 33 nitrogen and oxygen atoms in total. The Balaban J connectivity index is 2.38. The van der Waals surface area contributed by atoms with Crippen molar-refractivity contribution in [1.29, 1.82) is 0 Å². The van der Waals surface area contributed by atoms with Gasteiger partial charge in [0.2, 0.25) is 65.0 Å². The SMILES string of the molecule is CC(C)[C@H](NC(=O)CNC(=O)[C@H](CO)NC(=O)[C@@H]1CCCN1C(=O)[C@H](CCCN=C(N)N)NC(=O)[C@H](CCCCN)NC(=O)[C@H](CC(N)=O)NC(=O)[C@H](CC(N)=O)NC(=O)[C@H](CC(=O)O)NC(=O)[C@@H](N)Cc1ccc(O)cc1)C(=O)O. The molecule has 9 atom stereocenters. The average molecular weight is 1150 g/mol. The number of phenolic OH excluding ortho intramolecular Hbond substituents is 1. The summed E-state index contributed by atoms with van der Waals surface area (Å²) in [6.07, 6.45) is -2.62. The number of carbonyl (C=O) groups is 13. The van der Waals surface area contributed by atoms with Crippen LogP contribution in [0.2, 0.25) is 0 Å². The van der Waals surface area contributed by atoms with Crippen LogP contribution in [0.25, 0.3) is 0 Å². The summed E-state index contributed by atoms with van der Waals surface area (Å²) in [6.45, 7) is 1.47. The summed E-state index contributed by atoms with van der Waals surface area (Å²) in [6, 6.07) is -8.82. The molecule has 0 unspecified atom stereocenters. The van der Waals surface area contributed by atoms with Crippen molar-refractivity contribution in [3.8, 4) is 5.75 Å². The number of nitrogens with one attached hydrogen (secondary N) is 8. The van der Waals surface area contributed by atoms with Crippen molar-refractivity contribution < 1.29 is 82.8 Å². The Labute approximate surface area is 464 Å². The number of carboxylic acids is 2. The van der Waals surface area contributed by atoms with Crippen LogP contribution in [-0.4, -0.2) is 195 Å². The van der Waals surface area contributed by atoms with Crippen molar-refractivity contribution in [2.45, 2.75) is 139 Å². The van der Waals surface area contributed by atoms with Gasteiger partial charge in [0.15, 0.2) is 5.96 Å². The molecule has 0 spiro atoms. The number of nitrogens with two attached hydrogens (primary N) is 6. The van der Waals surface area contributed by atoms with Crippen LogP contribution in [0.5, 0.6) is 5.75 Å². The van der Waals surface area contributed by atoms with Gasteiger partial charge in [0.1, 0.15) is 54.1 Å². The van der Waals surface area contributed by atoms with Crippen molar-refractivity contribution in [2.24, 2.45) is 45.3 Å². The largest absolute Gasteiger partial charge is 0.508 e. The van der Waals surface area contributed by atoms with Gasteiger partial charge in [0, 0.05) is 13.1 Å². The van der Waals surface area contributed by atoms with Gasteiger partial charge in [0.05, 0.1) is 38.5 Å². The maximum atomic E-state index is 14.4. The highest BCUT2D eigenvalue weighted by Gasteiger charge is 2.40. The van der Waals surface area contributed by atoms with E-state index in [-0.39, 0.29) is 76.3 Å². The minimum atomic E-state index is -1.99. The van der Waals surface area contributed by atoms with Crippen LogP contribution >= 0.6 is 0 Å². The van der Waals surface area contributed by atoms with Gasteiger partial charge >= 0.3 is 11.9 Å². The van der Waals surface area contributed by atoms with Crippen molar-refractivity contribution in [2.75, 3.05) is 32.8 Å². The highest BCUT2D eigenvalue weighted by Crippen LogP contribution is 2.21. The Morgan fingerprint density at radius 3 is 1.68 bits per heavy atom. The minimum absolute atomic E-state index is 0.0403. The fourth-order valence-electron chi connectivity index (χ4n) is 8.07. The van der Waals surface area contributed by atoms with E-state index in [1.165, 1.54) is 24.3 Å². The minimum Gasteiger partial charge on any atom is -0.508 e. The lowest BCUT2D eigenvalue weighted by Gasteiger charge is -2.31. The molecule has 11 amide bonds. The van der Waals surface area contributed by atoms with Crippen LogP contribution in [0.3, 0.4) is 0 Å². The second-order valence-corrected chi connectivity index (χ2v) is 19.2. The molecule has 450 valence electrons. The van der Waals surface area contributed by atoms with Crippen LogP contribution in [0.1, 0.15) is 83.6 Å². The number of amides is 11. The molecule has 33 heteroatoms. The van der Waals surface area contributed by atoms with E-state index in [9.17, 15) is 82.8 Å². The zero-order chi connectivity index (χ0) is 61.1. The molecule has 0 aliphatic carbocycles. The number of aliphatic hydroxyl groups excluding tert-OH is 1. The molecule has 0 bridgehead atoms. The van der Waals surface area contributed by atoms with Gasteiger partial charge in [-0.05, 0) is 81.5 Å². The summed E-state index contributed by atoms with van der Waals surface area (Å²) < 4.78 is 0. The topological polar surface area (TPSA) is 571 Å². The summed E-state index contributed by atoms with van der Waals surface area (Å²) in [5.41, 5.74) is 33.9. The zero-order valence-corrected chi connectivity index (χ0v) is 44.9. The number of aliphatic carboxylic acids is 2. The standard InChI is InChI=1S/C48H76N16O17/c1-23(2)38(47(80)81)63-36(69)21-56-40(73)32(22-65)62-45(78)33-9-6-16-64(33)46(79)28(8-5-15-55-48(53)54)58-41(74)27(7-3-4-14-49)57-42(75)29(18-34(51)67)60-43(76)30(19-35(52)68)61-44(77)31(20-37(70)71)59-39(72)26(50)17-24-10-12-25(66)13-11-24/h10-13,23,26-33,38,65-66H,3-9,14-22,49-50H2,1-2H3,(H2,51,67)(H2,52,68)(H,56,73)(H,57,75)(H,58,74)(H,59,72)(H,60,76)(H,61,77)(H,62,78)(H,63,69)(H,70,71)(H,80,81)(H4,53,54,55)/t26-,27-,28-,29-,30-,31-,32-,33-,38-/m0/s1. The quantitative estimate of drug-likeness (QED) is 0.0169. The first-order chi connectivity index (χ1) is 38.1. The molecule has 1 aliphatic rings. The van der Waals surface area contributed by atoms with Crippen molar-refractivity contribution in [3.63, 3.8) is 0 Å². The first kappa shape index (κ1) is 68.4. The van der Waals surface area contributed by atoms with E-state index in [1.807, 2.05) is 0 Å². The number of unbranched alkanes of at least 4 members (excludes halogenated alkanes) is 1. The second-order valence-electron chi connectivity index (χ2n) is 19.2. The van der Waals surface area contributed by atoms with Crippen LogP contribution in [-0.2, 0) is 68.7 Å². The fourth-order valence-corrected chi connectivity index (χ4v) is 8.07. The van der Waals surface area contributed by atoms with Gasteiger partial charge < -0.3 is 102 Å². The Kier molecular flexibility index (Phi) is 29.0. The molecule has 1 heterocycles. The molecule has 0 saturated carbocycles. The fraction of sp³-hybridized carbons (Fsp3) is 0.583. The molecule has 0 radical (unpaired) electrons. The average Bonchev–Trinajstić information content (AvgIpc) is 3.89. The monoisotopic (exact) mass is 1150 g/mol. The molecular formula is C48H76N16O17. The number of carboxylic acid groups (broad SMARTS) is 2. The van der Waals surface area contributed by atoms with Gasteiger partial charge in [-0.25, -0.2) is 4.79 Å². The van der Waals surface area contributed by atoms with E-state index in [1.54, 1.807) is 13.8 Å². The molecule has 1 saturated heterocycles. The lowest BCUT2D eigenvalue weighted by molar-refractivity contribution is -0.143. The normalized spacial score (nSPS) is 15.8. The molecule has 81 heavy (non-hydrogen) atoms. The lowest BCUT2D eigenvalue weighted by atomic mass is 10.0. The number of aliphatic hydroxyl groups is 1. The number of aromatic hydroxyl groups is 1. The third-order valence-corrected chi connectivity index (χ3v) is 12.3. The van der Waals surface area contributed by atoms with E-state index < -0.39 is 170 Å². The van der Waals surface area contributed by atoms with Crippen LogP contribution in [0.4, 0.5) is 0 Å².